The van der Waals surface area contributed by atoms with Gasteiger partial charge in [-0.2, -0.15) is 5.10 Å². The molecular formula is C14H24N4. The molecule has 0 spiro atoms. The predicted molar refractivity (Wildman–Crippen MR) is 74.9 cm³/mol. The molecule has 0 amide bonds. The van der Waals surface area contributed by atoms with E-state index in [1.54, 1.807) is 0 Å². The Morgan fingerprint density at radius 1 is 1.28 bits per heavy atom. The van der Waals surface area contributed by atoms with Crippen LogP contribution in [0.2, 0.25) is 0 Å². The van der Waals surface area contributed by atoms with Crippen molar-refractivity contribution in [2.24, 2.45) is 5.92 Å². The lowest BCUT2D eigenvalue weighted by Crippen LogP contribution is -2.34. The SMILES string of the molecule is CCCc1ccc(N(C)CC2CCNCC2)nn1. The van der Waals surface area contributed by atoms with Gasteiger partial charge >= 0.3 is 0 Å². The Morgan fingerprint density at radius 3 is 2.67 bits per heavy atom. The zero-order valence-electron chi connectivity index (χ0n) is 11.5. The number of rotatable bonds is 5. The van der Waals surface area contributed by atoms with Crippen LogP contribution < -0.4 is 10.2 Å². The topological polar surface area (TPSA) is 41.0 Å². The molecule has 4 heteroatoms. The van der Waals surface area contributed by atoms with E-state index in [-0.39, 0.29) is 0 Å². The van der Waals surface area contributed by atoms with Gasteiger partial charge in [0.25, 0.3) is 0 Å². The molecule has 0 aromatic carbocycles. The summed E-state index contributed by atoms with van der Waals surface area (Å²) in [4.78, 5) is 2.23. The van der Waals surface area contributed by atoms with E-state index in [1.165, 1.54) is 12.8 Å². The van der Waals surface area contributed by atoms with Crippen LogP contribution in [0.25, 0.3) is 0 Å². The summed E-state index contributed by atoms with van der Waals surface area (Å²) in [6, 6.07) is 4.20. The van der Waals surface area contributed by atoms with Crippen LogP contribution in [0.15, 0.2) is 12.1 Å². The minimum absolute atomic E-state index is 0.786. The lowest BCUT2D eigenvalue weighted by Gasteiger charge is -2.27. The quantitative estimate of drug-likeness (QED) is 0.863. The van der Waals surface area contributed by atoms with Gasteiger partial charge in [0.1, 0.15) is 0 Å². The van der Waals surface area contributed by atoms with Crippen LogP contribution in [0.1, 0.15) is 31.9 Å². The van der Waals surface area contributed by atoms with Crippen LogP contribution >= 0.6 is 0 Å². The van der Waals surface area contributed by atoms with E-state index in [0.717, 1.165) is 49.9 Å². The van der Waals surface area contributed by atoms with Crippen molar-refractivity contribution in [2.45, 2.75) is 32.6 Å². The van der Waals surface area contributed by atoms with Crippen LogP contribution in [0.4, 0.5) is 5.82 Å². The first-order valence-corrected chi connectivity index (χ1v) is 7.04. The fraction of sp³-hybridized carbons (Fsp3) is 0.714. The smallest absolute Gasteiger partial charge is 0.150 e. The fourth-order valence-electron chi connectivity index (χ4n) is 2.49. The standard InChI is InChI=1S/C14H24N4/c1-3-4-13-5-6-14(17-16-13)18(2)11-12-7-9-15-10-8-12/h5-6,12,15H,3-4,7-11H2,1-2H3. The Morgan fingerprint density at radius 2 is 2.06 bits per heavy atom. The van der Waals surface area contributed by atoms with Gasteiger partial charge in [-0.25, -0.2) is 0 Å². The molecule has 2 heterocycles. The van der Waals surface area contributed by atoms with Crippen LogP contribution in [0.5, 0.6) is 0 Å². The molecule has 1 fully saturated rings. The number of nitrogens with zero attached hydrogens (tertiary/aromatic N) is 3. The zero-order valence-corrected chi connectivity index (χ0v) is 11.5. The zero-order chi connectivity index (χ0) is 12.8. The Bertz CT molecular complexity index is 343. The minimum atomic E-state index is 0.786. The summed E-state index contributed by atoms with van der Waals surface area (Å²) < 4.78 is 0. The molecule has 1 aromatic heterocycles. The average Bonchev–Trinajstić information content (AvgIpc) is 2.41. The molecule has 1 aliphatic heterocycles. The van der Waals surface area contributed by atoms with Gasteiger partial charge in [-0.3, -0.25) is 0 Å². The third-order valence-electron chi connectivity index (χ3n) is 3.59. The van der Waals surface area contributed by atoms with Crippen LogP contribution in [-0.4, -0.2) is 36.9 Å². The Balaban J connectivity index is 1.89. The van der Waals surface area contributed by atoms with E-state index >= 15 is 0 Å². The molecule has 1 N–H and O–H groups in total. The van der Waals surface area contributed by atoms with Crippen molar-refractivity contribution in [1.82, 2.24) is 15.5 Å². The predicted octanol–water partition coefficient (Wildman–Crippen LogP) is 1.86. The molecule has 100 valence electrons. The maximum Gasteiger partial charge on any atom is 0.150 e. The normalized spacial score (nSPS) is 16.8. The second-order valence-corrected chi connectivity index (χ2v) is 5.21. The van der Waals surface area contributed by atoms with Gasteiger partial charge in [-0.1, -0.05) is 13.3 Å². The first kappa shape index (κ1) is 13.3. The Kier molecular flexibility index (Phi) is 4.93. The number of anilines is 1. The second kappa shape index (κ2) is 6.69. The molecule has 4 nitrogen and oxygen atoms in total. The molecule has 1 aromatic rings. The molecule has 2 rings (SSSR count). The van der Waals surface area contributed by atoms with Crippen molar-refractivity contribution in [3.8, 4) is 0 Å². The highest BCUT2D eigenvalue weighted by Gasteiger charge is 2.15. The van der Waals surface area contributed by atoms with Crippen molar-refractivity contribution >= 4 is 5.82 Å². The number of aryl methyl sites for hydroxylation is 1. The van der Waals surface area contributed by atoms with Crippen molar-refractivity contribution in [2.75, 3.05) is 31.6 Å². The number of nitrogens with one attached hydrogen (secondary N) is 1. The molecule has 0 atom stereocenters. The van der Waals surface area contributed by atoms with Crippen LogP contribution in [-0.2, 0) is 6.42 Å². The van der Waals surface area contributed by atoms with Crippen molar-refractivity contribution in [3.05, 3.63) is 17.8 Å². The number of hydrogen-bond donors (Lipinski definition) is 1. The van der Waals surface area contributed by atoms with Crippen molar-refractivity contribution in [1.29, 1.82) is 0 Å². The van der Waals surface area contributed by atoms with E-state index in [0.29, 0.717) is 0 Å². The van der Waals surface area contributed by atoms with Crippen molar-refractivity contribution in [3.63, 3.8) is 0 Å². The van der Waals surface area contributed by atoms with Gasteiger partial charge in [0.05, 0.1) is 5.69 Å². The number of hydrogen-bond acceptors (Lipinski definition) is 4. The summed E-state index contributed by atoms with van der Waals surface area (Å²) in [5, 5.41) is 12.0. The van der Waals surface area contributed by atoms with E-state index in [1.807, 2.05) is 0 Å². The van der Waals surface area contributed by atoms with Gasteiger partial charge in [0.2, 0.25) is 0 Å². The van der Waals surface area contributed by atoms with Gasteiger partial charge in [0.15, 0.2) is 5.82 Å². The highest BCUT2D eigenvalue weighted by atomic mass is 15.2. The summed E-state index contributed by atoms with van der Waals surface area (Å²) in [6.45, 7) is 5.56. The maximum atomic E-state index is 4.32. The van der Waals surface area contributed by atoms with E-state index in [2.05, 4.69) is 46.5 Å². The second-order valence-electron chi connectivity index (χ2n) is 5.21. The number of aromatic nitrogens is 2. The molecule has 0 radical (unpaired) electrons. The largest absolute Gasteiger partial charge is 0.358 e. The summed E-state index contributed by atoms with van der Waals surface area (Å²) in [5.41, 5.74) is 1.09. The third kappa shape index (κ3) is 3.67. The third-order valence-corrected chi connectivity index (χ3v) is 3.59. The number of piperidine rings is 1. The lowest BCUT2D eigenvalue weighted by atomic mass is 9.98. The first-order chi connectivity index (χ1) is 8.79. The van der Waals surface area contributed by atoms with E-state index < -0.39 is 0 Å². The van der Waals surface area contributed by atoms with Crippen molar-refractivity contribution < 1.29 is 0 Å². The molecule has 18 heavy (non-hydrogen) atoms. The summed E-state index contributed by atoms with van der Waals surface area (Å²) >= 11 is 0. The minimum Gasteiger partial charge on any atom is -0.358 e. The van der Waals surface area contributed by atoms with Crippen LogP contribution in [0.3, 0.4) is 0 Å². The molecule has 0 aliphatic carbocycles. The molecule has 0 saturated carbocycles. The Labute approximate surface area is 110 Å². The maximum absolute atomic E-state index is 4.32. The van der Waals surface area contributed by atoms with E-state index in [9.17, 15) is 0 Å². The molecule has 0 unspecified atom stereocenters. The Hall–Kier alpha value is -1.16. The van der Waals surface area contributed by atoms with Crippen LogP contribution in [0, 0.1) is 5.92 Å². The average molecular weight is 248 g/mol. The fourth-order valence-corrected chi connectivity index (χ4v) is 2.49. The summed E-state index contributed by atoms with van der Waals surface area (Å²) in [5.74, 6) is 1.78. The first-order valence-electron chi connectivity index (χ1n) is 7.04. The summed E-state index contributed by atoms with van der Waals surface area (Å²) in [7, 11) is 2.12. The van der Waals surface area contributed by atoms with E-state index in [4.69, 9.17) is 0 Å². The molecular weight excluding hydrogens is 224 g/mol. The summed E-state index contributed by atoms with van der Waals surface area (Å²) in [6.07, 6.45) is 4.68. The lowest BCUT2D eigenvalue weighted by molar-refractivity contribution is 0.377. The highest BCUT2D eigenvalue weighted by Crippen LogP contribution is 2.16. The highest BCUT2D eigenvalue weighted by molar-refractivity contribution is 5.36. The molecule has 1 saturated heterocycles. The molecule has 0 bridgehead atoms. The monoisotopic (exact) mass is 248 g/mol. The van der Waals surface area contributed by atoms with Gasteiger partial charge in [-0.05, 0) is 50.4 Å². The van der Waals surface area contributed by atoms with Gasteiger partial charge < -0.3 is 10.2 Å². The van der Waals surface area contributed by atoms with Gasteiger partial charge in [0, 0.05) is 13.6 Å². The molecule has 1 aliphatic rings. The van der Waals surface area contributed by atoms with Gasteiger partial charge in [-0.15, -0.1) is 5.10 Å².